The van der Waals surface area contributed by atoms with Crippen molar-refractivity contribution in [1.29, 1.82) is 0 Å². The Morgan fingerprint density at radius 3 is 2.90 bits per heavy atom. The second-order valence-electron chi connectivity index (χ2n) is 4.39. The maximum absolute atomic E-state index is 4.25. The van der Waals surface area contributed by atoms with Gasteiger partial charge in [-0.3, -0.25) is 0 Å². The van der Waals surface area contributed by atoms with E-state index < -0.39 is 0 Å². The van der Waals surface area contributed by atoms with Crippen molar-refractivity contribution in [2.45, 2.75) is 20.4 Å². The molecule has 2 heterocycles. The van der Waals surface area contributed by atoms with Gasteiger partial charge in [-0.1, -0.05) is 6.07 Å². The minimum atomic E-state index is 0.764. The van der Waals surface area contributed by atoms with Gasteiger partial charge in [0.2, 0.25) is 0 Å². The van der Waals surface area contributed by atoms with E-state index in [1.54, 1.807) is 16.0 Å². The van der Waals surface area contributed by atoms with Crippen LogP contribution in [-0.2, 0) is 6.54 Å². The molecule has 6 nitrogen and oxygen atoms in total. The fourth-order valence-electron chi connectivity index (χ4n) is 1.89. The van der Waals surface area contributed by atoms with Crippen molar-refractivity contribution < 1.29 is 0 Å². The highest BCUT2D eigenvalue weighted by atomic mass is 32.1. The lowest BCUT2D eigenvalue weighted by molar-refractivity contribution is 0.779. The van der Waals surface area contributed by atoms with E-state index in [0.29, 0.717) is 0 Å². The number of aromatic nitrogens is 5. The van der Waals surface area contributed by atoms with Crippen molar-refractivity contribution in [3.63, 3.8) is 0 Å². The third-order valence-corrected chi connectivity index (χ3v) is 3.76. The molecule has 0 radical (unpaired) electrons. The predicted molar refractivity (Wildman–Crippen MR) is 78.1 cm³/mol. The number of hydrogen-bond acceptors (Lipinski definition) is 6. The molecular formula is C13H14N6S. The smallest absolute Gasteiger partial charge is 0.153 e. The Labute approximate surface area is 120 Å². The van der Waals surface area contributed by atoms with Gasteiger partial charge < -0.3 is 5.32 Å². The fraction of sp³-hybridized carbons (Fsp3) is 0.231. The monoisotopic (exact) mass is 286 g/mol. The maximum atomic E-state index is 4.25. The van der Waals surface area contributed by atoms with E-state index in [1.165, 1.54) is 4.88 Å². The Morgan fingerprint density at radius 2 is 2.20 bits per heavy atom. The summed E-state index contributed by atoms with van der Waals surface area (Å²) in [5.74, 6) is 0.764. The zero-order valence-corrected chi connectivity index (χ0v) is 12.1. The Kier molecular flexibility index (Phi) is 3.42. The molecule has 7 heteroatoms. The van der Waals surface area contributed by atoms with E-state index in [0.717, 1.165) is 28.8 Å². The summed E-state index contributed by atoms with van der Waals surface area (Å²) in [6.45, 7) is 4.65. The third kappa shape index (κ3) is 2.67. The zero-order chi connectivity index (χ0) is 13.9. The van der Waals surface area contributed by atoms with Crippen molar-refractivity contribution in [3.8, 4) is 5.69 Å². The fourth-order valence-corrected chi connectivity index (χ4v) is 2.63. The van der Waals surface area contributed by atoms with Crippen LogP contribution in [0, 0.1) is 13.8 Å². The quantitative estimate of drug-likeness (QED) is 0.797. The van der Waals surface area contributed by atoms with Gasteiger partial charge in [-0.2, -0.15) is 4.68 Å². The standard InChI is InChI=1S/C13H14N6S/c1-9-16-17-18-19(9)12-5-3-4-11(6-12)15-8-13-7-14-10(2)20-13/h3-7,15H,8H2,1-2H3. The lowest BCUT2D eigenvalue weighted by Gasteiger charge is -2.07. The number of aryl methyl sites for hydroxylation is 2. The van der Waals surface area contributed by atoms with Gasteiger partial charge in [0, 0.05) is 16.8 Å². The predicted octanol–water partition coefficient (Wildman–Crippen LogP) is 2.35. The number of hydrogen-bond donors (Lipinski definition) is 1. The minimum Gasteiger partial charge on any atom is -0.380 e. The Bertz CT molecular complexity index is 717. The molecule has 0 spiro atoms. The summed E-state index contributed by atoms with van der Waals surface area (Å²) in [6.07, 6.45) is 1.91. The van der Waals surface area contributed by atoms with Gasteiger partial charge in [-0.05, 0) is 42.5 Å². The number of rotatable bonds is 4. The van der Waals surface area contributed by atoms with Crippen molar-refractivity contribution in [2.24, 2.45) is 0 Å². The minimum absolute atomic E-state index is 0.764. The number of anilines is 1. The van der Waals surface area contributed by atoms with Gasteiger partial charge in [-0.15, -0.1) is 16.4 Å². The summed E-state index contributed by atoms with van der Waals surface area (Å²) in [7, 11) is 0. The molecule has 3 rings (SSSR count). The number of tetrazole rings is 1. The van der Waals surface area contributed by atoms with Crippen LogP contribution in [0.4, 0.5) is 5.69 Å². The lowest BCUT2D eigenvalue weighted by atomic mass is 10.2. The summed E-state index contributed by atoms with van der Waals surface area (Å²) < 4.78 is 1.71. The van der Waals surface area contributed by atoms with Gasteiger partial charge in [0.25, 0.3) is 0 Å². The summed E-state index contributed by atoms with van der Waals surface area (Å²) in [4.78, 5) is 5.46. The Hall–Kier alpha value is -2.28. The van der Waals surface area contributed by atoms with Gasteiger partial charge in [0.05, 0.1) is 17.2 Å². The SMILES string of the molecule is Cc1ncc(CNc2cccc(-n3nnnc3C)c2)s1. The first kappa shape index (κ1) is 12.7. The van der Waals surface area contributed by atoms with Crippen LogP contribution in [0.25, 0.3) is 5.69 Å². The zero-order valence-electron chi connectivity index (χ0n) is 11.2. The van der Waals surface area contributed by atoms with Crippen molar-refractivity contribution >= 4 is 17.0 Å². The highest BCUT2D eigenvalue weighted by molar-refractivity contribution is 7.11. The molecule has 0 fully saturated rings. The molecule has 0 amide bonds. The van der Waals surface area contributed by atoms with Crippen LogP contribution in [-0.4, -0.2) is 25.2 Å². The van der Waals surface area contributed by atoms with Crippen LogP contribution in [0.1, 0.15) is 15.7 Å². The summed E-state index contributed by atoms with van der Waals surface area (Å²) in [5.41, 5.74) is 1.97. The normalized spacial score (nSPS) is 10.7. The lowest BCUT2D eigenvalue weighted by Crippen LogP contribution is -2.02. The van der Waals surface area contributed by atoms with Crippen LogP contribution in [0.2, 0.25) is 0 Å². The van der Waals surface area contributed by atoms with Crippen LogP contribution in [0.5, 0.6) is 0 Å². The van der Waals surface area contributed by atoms with Crippen LogP contribution in [0.15, 0.2) is 30.5 Å². The number of nitrogens with one attached hydrogen (secondary N) is 1. The third-order valence-electron chi connectivity index (χ3n) is 2.85. The second kappa shape index (κ2) is 5.38. The molecule has 0 bridgehead atoms. The molecular weight excluding hydrogens is 272 g/mol. The Balaban J connectivity index is 1.76. The molecule has 1 N–H and O–H groups in total. The van der Waals surface area contributed by atoms with Gasteiger partial charge in [-0.25, -0.2) is 4.98 Å². The van der Waals surface area contributed by atoms with Crippen LogP contribution in [0.3, 0.4) is 0 Å². The van der Waals surface area contributed by atoms with Crippen LogP contribution >= 0.6 is 11.3 Å². The molecule has 0 saturated carbocycles. The largest absolute Gasteiger partial charge is 0.380 e. The van der Waals surface area contributed by atoms with E-state index >= 15 is 0 Å². The molecule has 0 aliphatic carbocycles. The van der Waals surface area contributed by atoms with Gasteiger partial charge in [0.1, 0.15) is 0 Å². The second-order valence-corrected chi connectivity index (χ2v) is 5.71. The average molecular weight is 286 g/mol. The first-order valence-corrected chi connectivity index (χ1v) is 7.04. The topological polar surface area (TPSA) is 68.5 Å². The molecule has 0 aliphatic rings. The molecule has 0 saturated heterocycles. The molecule has 0 atom stereocenters. The van der Waals surface area contributed by atoms with Crippen molar-refractivity contribution in [2.75, 3.05) is 5.32 Å². The summed E-state index contributed by atoms with van der Waals surface area (Å²) in [5, 5.41) is 16.0. The van der Waals surface area contributed by atoms with E-state index in [9.17, 15) is 0 Å². The van der Waals surface area contributed by atoms with E-state index in [2.05, 4.69) is 25.8 Å². The molecule has 102 valence electrons. The van der Waals surface area contributed by atoms with Gasteiger partial charge in [0.15, 0.2) is 5.82 Å². The highest BCUT2D eigenvalue weighted by Gasteiger charge is 2.04. The maximum Gasteiger partial charge on any atom is 0.153 e. The molecule has 2 aromatic heterocycles. The summed E-state index contributed by atoms with van der Waals surface area (Å²) in [6, 6.07) is 8.01. The first-order valence-electron chi connectivity index (χ1n) is 6.23. The first-order chi connectivity index (χ1) is 9.72. The van der Waals surface area contributed by atoms with E-state index in [-0.39, 0.29) is 0 Å². The number of benzene rings is 1. The molecule has 0 unspecified atom stereocenters. The average Bonchev–Trinajstić information content (AvgIpc) is 3.05. The van der Waals surface area contributed by atoms with E-state index in [4.69, 9.17) is 0 Å². The molecule has 1 aromatic carbocycles. The van der Waals surface area contributed by atoms with Crippen molar-refractivity contribution in [1.82, 2.24) is 25.2 Å². The number of thiazole rings is 1. The molecule has 20 heavy (non-hydrogen) atoms. The number of nitrogens with zero attached hydrogens (tertiary/aromatic N) is 5. The molecule has 0 aliphatic heterocycles. The van der Waals surface area contributed by atoms with Gasteiger partial charge >= 0.3 is 0 Å². The summed E-state index contributed by atoms with van der Waals surface area (Å²) >= 11 is 1.70. The molecule has 3 aromatic rings. The van der Waals surface area contributed by atoms with E-state index in [1.807, 2.05) is 44.3 Å². The van der Waals surface area contributed by atoms with Crippen LogP contribution < -0.4 is 5.32 Å². The highest BCUT2D eigenvalue weighted by Crippen LogP contribution is 2.17. The van der Waals surface area contributed by atoms with Crippen molar-refractivity contribution in [3.05, 3.63) is 46.2 Å². The Morgan fingerprint density at radius 1 is 1.30 bits per heavy atom.